The number of rotatable bonds is 5. The van der Waals surface area contributed by atoms with E-state index in [2.05, 4.69) is 4.74 Å². The summed E-state index contributed by atoms with van der Waals surface area (Å²) in [6, 6.07) is 8.39. The van der Waals surface area contributed by atoms with E-state index in [1.54, 1.807) is 30.3 Å². The second kappa shape index (κ2) is 6.96. The van der Waals surface area contributed by atoms with Crippen molar-refractivity contribution < 1.29 is 32.3 Å². The first-order valence-electron chi connectivity index (χ1n) is 8.67. The number of benzene rings is 1. The van der Waals surface area contributed by atoms with Crippen molar-refractivity contribution in [1.29, 1.82) is 0 Å². The van der Waals surface area contributed by atoms with Crippen molar-refractivity contribution in [3.8, 4) is 0 Å². The van der Waals surface area contributed by atoms with Crippen molar-refractivity contribution in [2.75, 3.05) is 7.11 Å². The van der Waals surface area contributed by atoms with Crippen molar-refractivity contribution >= 4 is 17.8 Å². The molecule has 0 aromatic heterocycles. The van der Waals surface area contributed by atoms with E-state index in [1.807, 2.05) is 5.32 Å². The SMILES string of the molecule is COC(=O)C1=C(C)N(Cc2ccccc2)C(=O)[C@]1(NC(=O)C1CC1)C(F)(F)F. The summed E-state index contributed by atoms with van der Waals surface area (Å²) in [4.78, 5) is 38.4. The number of esters is 1. The van der Waals surface area contributed by atoms with E-state index in [0.717, 1.165) is 12.0 Å². The lowest BCUT2D eigenvalue weighted by molar-refractivity contribution is -0.196. The molecule has 0 bridgehead atoms. The Bertz CT molecular complexity index is 846. The molecule has 1 aliphatic heterocycles. The molecule has 0 unspecified atom stereocenters. The molecule has 1 fully saturated rings. The Balaban J connectivity index is 2.11. The summed E-state index contributed by atoms with van der Waals surface area (Å²) in [6.07, 6.45) is -4.35. The first-order chi connectivity index (χ1) is 13.1. The molecule has 1 heterocycles. The number of hydrogen-bond acceptors (Lipinski definition) is 4. The molecular formula is C19H19F3N2O4. The second-order valence-corrected chi connectivity index (χ2v) is 6.84. The number of nitrogens with one attached hydrogen (secondary N) is 1. The lowest BCUT2D eigenvalue weighted by Crippen LogP contribution is -2.66. The monoisotopic (exact) mass is 396 g/mol. The maximum Gasteiger partial charge on any atom is 0.425 e. The number of carbonyl (C=O) groups excluding carboxylic acids is 3. The molecule has 2 aliphatic rings. The van der Waals surface area contributed by atoms with Crippen LogP contribution in [0.4, 0.5) is 13.2 Å². The topological polar surface area (TPSA) is 75.7 Å². The minimum Gasteiger partial charge on any atom is -0.466 e. The Morgan fingerprint density at radius 2 is 1.86 bits per heavy atom. The standard InChI is InChI=1S/C19H19F3N2O4/c1-11-14(16(26)28-2)18(19(20,21)22,23-15(25)13-8-9-13)17(27)24(11)10-12-6-4-3-5-7-12/h3-7,13H,8-10H2,1-2H3,(H,23,25)/t18-/m0/s1. The quantitative estimate of drug-likeness (QED) is 0.775. The highest BCUT2D eigenvalue weighted by atomic mass is 19.4. The molecule has 1 aromatic carbocycles. The molecule has 1 atom stereocenters. The summed E-state index contributed by atoms with van der Waals surface area (Å²) in [6.45, 7) is 1.06. The Labute approximate surface area is 159 Å². The molecule has 9 heteroatoms. The minimum absolute atomic E-state index is 0.177. The van der Waals surface area contributed by atoms with E-state index in [-0.39, 0.29) is 12.2 Å². The fraction of sp³-hybridized carbons (Fsp3) is 0.421. The van der Waals surface area contributed by atoms with Gasteiger partial charge in [0.25, 0.3) is 5.91 Å². The van der Waals surface area contributed by atoms with Crippen LogP contribution in [-0.4, -0.2) is 41.5 Å². The number of nitrogens with zero attached hydrogens (tertiary/aromatic N) is 1. The normalized spacial score (nSPS) is 22.5. The van der Waals surface area contributed by atoms with Gasteiger partial charge in [-0.1, -0.05) is 30.3 Å². The largest absolute Gasteiger partial charge is 0.466 e. The minimum atomic E-state index is -5.23. The zero-order chi connectivity index (χ0) is 20.7. The second-order valence-electron chi connectivity index (χ2n) is 6.84. The Hall–Kier alpha value is -2.84. The number of alkyl halides is 3. The van der Waals surface area contributed by atoms with Crippen LogP contribution >= 0.6 is 0 Å². The number of ether oxygens (including phenoxy) is 1. The molecule has 2 amide bonds. The van der Waals surface area contributed by atoms with Gasteiger partial charge in [0.15, 0.2) is 0 Å². The highest BCUT2D eigenvalue weighted by Gasteiger charge is 2.71. The van der Waals surface area contributed by atoms with Crippen LogP contribution in [0.2, 0.25) is 0 Å². The smallest absolute Gasteiger partial charge is 0.425 e. The molecule has 0 radical (unpaired) electrons. The molecule has 1 aliphatic carbocycles. The van der Waals surface area contributed by atoms with Crippen molar-refractivity contribution in [3.63, 3.8) is 0 Å². The van der Waals surface area contributed by atoms with Gasteiger partial charge in [-0.3, -0.25) is 9.59 Å². The Morgan fingerprint density at radius 3 is 2.36 bits per heavy atom. The average molecular weight is 396 g/mol. The van der Waals surface area contributed by atoms with Crippen LogP contribution in [-0.2, 0) is 25.7 Å². The van der Waals surface area contributed by atoms with Gasteiger partial charge in [0, 0.05) is 11.6 Å². The fourth-order valence-electron chi connectivity index (χ4n) is 3.31. The summed E-state index contributed by atoms with van der Waals surface area (Å²) in [5.74, 6) is -4.22. The number of halogens is 3. The van der Waals surface area contributed by atoms with E-state index < -0.39 is 41.0 Å². The lowest BCUT2D eigenvalue weighted by atomic mass is 9.89. The van der Waals surface area contributed by atoms with Crippen molar-refractivity contribution in [3.05, 3.63) is 47.2 Å². The number of carbonyl (C=O) groups is 3. The van der Waals surface area contributed by atoms with Gasteiger partial charge in [-0.2, -0.15) is 13.2 Å². The van der Waals surface area contributed by atoms with E-state index in [9.17, 15) is 27.6 Å². The van der Waals surface area contributed by atoms with Gasteiger partial charge in [-0.05, 0) is 25.3 Å². The van der Waals surface area contributed by atoms with Gasteiger partial charge in [0.05, 0.1) is 13.7 Å². The molecule has 6 nitrogen and oxygen atoms in total. The predicted molar refractivity (Wildman–Crippen MR) is 91.4 cm³/mol. The van der Waals surface area contributed by atoms with Crippen LogP contribution in [0.1, 0.15) is 25.3 Å². The average Bonchev–Trinajstić information content (AvgIpc) is 3.46. The molecule has 150 valence electrons. The highest BCUT2D eigenvalue weighted by Crippen LogP contribution is 2.46. The van der Waals surface area contributed by atoms with Gasteiger partial charge < -0.3 is 15.0 Å². The molecule has 1 N–H and O–H groups in total. The maximum absolute atomic E-state index is 14.2. The van der Waals surface area contributed by atoms with Gasteiger partial charge >= 0.3 is 12.1 Å². The molecule has 3 rings (SSSR count). The Kier molecular flexibility index (Phi) is 4.95. The number of methoxy groups -OCH3 is 1. The van der Waals surface area contributed by atoms with Crippen molar-refractivity contribution in [1.82, 2.24) is 10.2 Å². The van der Waals surface area contributed by atoms with Crippen LogP contribution in [0, 0.1) is 5.92 Å². The van der Waals surface area contributed by atoms with Crippen LogP contribution in [0.3, 0.4) is 0 Å². The number of allylic oxidation sites excluding steroid dienone is 1. The van der Waals surface area contributed by atoms with Crippen LogP contribution < -0.4 is 5.32 Å². The third-order valence-corrected chi connectivity index (χ3v) is 4.96. The predicted octanol–water partition coefficient (Wildman–Crippen LogP) is 2.30. The fourth-order valence-corrected chi connectivity index (χ4v) is 3.31. The maximum atomic E-state index is 14.2. The first kappa shape index (κ1) is 19.9. The van der Waals surface area contributed by atoms with Crippen LogP contribution in [0.5, 0.6) is 0 Å². The zero-order valence-electron chi connectivity index (χ0n) is 15.3. The van der Waals surface area contributed by atoms with Crippen molar-refractivity contribution in [2.24, 2.45) is 5.92 Å². The van der Waals surface area contributed by atoms with Gasteiger partial charge in [-0.15, -0.1) is 0 Å². The summed E-state index contributed by atoms with van der Waals surface area (Å²) < 4.78 is 47.2. The van der Waals surface area contributed by atoms with Gasteiger partial charge in [0.2, 0.25) is 11.4 Å². The van der Waals surface area contributed by atoms with Gasteiger partial charge in [0.1, 0.15) is 5.57 Å². The van der Waals surface area contributed by atoms with E-state index in [4.69, 9.17) is 0 Å². The summed E-state index contributed by atoms with van der Waals surface area (Å²) in [5.41, 5.74) is -3.99. The Morgan fingerprint density at radius 1 is 1.25 bits per heavy atom. The van der Waals surface area contributed by atoms with E-state index in [0.29, 0.717) is 18.4 Å². The molecule has 0 saturated heterocycles. The number of hydrogen-bond donors (Lipinski definition) is 1. The third kappa shape index (κ3) is 3.14. The lowest BCUT2D eigenvalue weighted by Gasteiger charge is -2.33. The molecular weight excluding hydrogens is 377 g/mol. The first-order valence-corrected chi connectivity index (χ1v) is 8.67. The molecule has 1 aromatic rings. The summed E-state index contributed by atoms with van der Waals surface area (Å²) >= 11 is 0. The number of amides is 2. The highest BCUT2D eigenvalue weighted by molar-refractivity contribution is 6.10. The van der Waals surface area contributed by atoms with Crippen LogP contribution in [0.15, 0.2) is 41.6 Å². The van der Waals surface area contributed by atoms with Crippen molar-refractivity contribution in [2.45, 2.75) is 38.0 Å². The van der Waals surface area contributed by atoms with E-state index in [1.165, 1.54) is 6.92 Å². The zero-order valence-corrected chi connectivity index (χ0v) is 15.3. The molecule has 28 heavy (non-hydrogen) atoms. The molecule has 0 spiro atoms. The van der Waals surface area contributed by atoms with Crippen LogP contribution in [0.25, 0.3) is 0 Å². The van der Waals surface area contributed by atoms with E-state index >= 15 is 0 Å². The van der Waals surface area contributed by atoms with Gasteiger partial charge in [-0.25, -0.2) is 4.79 Å². The molecule has 1 saturated carbocycles. The summed E-state index contributed by atoms with van der Waals surface area (Å²) in [7, 11) is 0.927. The third-order valence-electron chi connectivity index (χ3n) is 4.96. The summed E-state index contributed by atoms with van der Waals surface area (Å²) in [5, 5.41) is 1.84.